The minimum absolute atomic E-state index is 0.688. The molecule has 0 radical (unpaired) electrons. The first-order valence-electron chi connectivity index (χ1n) is 7.57. The van der Waals surface area contributed by atoms with Crippen LogP contribution in [0.3, 0.4) is 0 Å². The second-order valence-corrected chi connectivity index (χ2v) is 6.69. The van der Waals surface area contributed by atoms with Gasteiger partial charge in [-0.3, -0.25) is 0 Å². The highest BCUT2D eigenvalue weighted by molar-refractivity contribution is 7.17. The van der Waals surface area contributed by atoms with Crippen molar-refractivity contribution in [2.75, 3.05) is 5.32 Å². The number of aromatic nitrogens is 2. The summed E-state index contributed by atoms with van der Waals surface area (Å²) in [5.74, 6) is 0.857. The van der Waals surface area contributed by atoms with Gasteiger partial charge in [0.2, 0.25) is 0 Å². The van der Waals surface area contributed by atoms with Gasteiger partial charge in [-0.2, -0.15) is 0 Å². The van der Waals surface area contributed by atoms with Gasteiger partial charge in [-0.25, -0.2) is 9.97 Å². The first-order chi connectivity index (χ1) is 11.8. The molecule has 1 N–H and O–H groups in total. The Hall–Kier alpha value is -2.43. The summed E-state index contributed by atoms with van der Waals surface area (Å²) in [6.07, 6.45) is 1.61. The largest absolute Gasteiger partial charge is 0.365 e. The van der Waals surface area contributed by atoms with E-state index in [4.69, 9.17) is 11.6 Å². The van der Waals surface area contributed by atoms with Crippen LogP contribution in [0.5, 0.6) is 0 Å². The van der Waals surface area contributed by atoms with Gasteiger partial charge in [0.05, 0.1) is 5.39 Å². The van der Waals surface area contributed by atoms with E-state index in [9.17, 15) is 0 Å². The Labute approximate surface area is 149 Å². The predicted molar refractivity (Wildman–Crippen MR) is 102 cm³/mol. The molecule has 4 aromatic rings. The van der Waals surface area contributed by atoms with Crippen LogP contribution in [0.15, 0.2) is 66.3 Å². The number of halogens is 1. The van der Waals surface area contributed by atoms with Crippen LogP contribution < -0.4 is 5.32 Å². The number of nitrogens with one attached hydrogen (secondary N) is 1. The highest BCUT2D eigenvalue weighted by atomic mass is 35.5. The molecule has 118 valence electrons. The second kappa shape index (κ2) is 6.59. The lowest BCUT2D eigenvalue weighted by atomic mass is 10.1. The summed E-state index contributed by atoms with van der Waals surface area (Å²) in [6.45, 7) is 0.688. The standard InChI is InChI=1S/C19H14ClN3S/c20-15-8-6-13(7-9-15)10-21-18-17-16(14-4-2-1-3-5-14)11-24-19(17)23-12-22-18/h1-9,11-12H,10H2,(H,21,22,23). The number of benzene rings is 2. The number of nitrogens with zero attached hydrogens (tertiary/aromatic N) is 2. The summed E-state index contributed by atoms with van der Waals surface area (Å²) in [5, 5.41) is 7.39. The first kappa shape index (κ1) is 15.1. The molecular weight excluding hydrogens is 338 g/mol. The van der Waals surface area contributed by atoms with E-state index in [1.165, 1.54) is 5.56 Å². The van der Waals surface area contributed by atoms with Gasteiger partial charge >= 0.3 is 0 Å². The number of hydrogen-bond donors (Lipinski definition) is 1. The molecule has 0 saturated carbocycles. The molecule has 4 rings (SSSR count). The van der Waals surface area contributed by atoms with Gasteiger partial charge < -0.3 is 5.32 Å². The number of rotatable bonds is 4. The molecule has 0 aliphatic carbocycles. The molecule has 5 heteroatoms. The maximum Gasteiger partial charge on any atom is 0.139 e. The summed E-state index contributed by atoms with van der Waals surface area (Å²) in [4.78, 5) is 9.85. The maximum absolute atomic E-state index is 5.94. The highest BCUT2D eigenvalue weighted by Gasteiger charge is 2.12. The number of thiophene rings is 1. The van der Waals surface area contributed by atoms with E-state index < -0.39 is 0 Å². The molecule has 0 atom stereocenters. The molecule has 0 bridgehead atoms. The van der Waals surface area contributed by atoms with Crippen molar-refractivity contribution in [3.05, 3.63) is 76.9 Å². The van der Waals surface area contributed by atoms with Gasteiger partial charge in [0.25, 0.3) is 0 Å². The van der Waals surface area contributed by atoms with Gasteiger partial charge in [-0.15, -0.1) is 11.3 Å². The Morgan fingerprint density at radius 2 is 1.75 bits per heavy atom. The average Bonchev–Trinajstić information content (AvgIpc) is 3.07. The van der Waals surface area contributed by atoms with E-state index in [2.05, 4.69) is 32.8 Å². The Bertz CT molecular complexity index is 965. The molecular formula is C19H14ClN3S. The quantitative estimate of drug-likeness (QED) is 0.518. The zero-order valence-electron chi connectivity index (χ0n) is 12.7. The van der Waals surface area contributed by atoms with Crippen LogP contribution in [0.25, 0.3) is 21.3 Å². The van der Waals surface area contributed by atoms with Gasteiger partial charge in [0, 0.05) is 22.5 Å². The molecule has 0 saturated heterocycles. The van der Waals surface area contributed by atoms with Gasteiger partial charge in [0.15, 0.2) is 0 Å². The zero-order valence-corrected chi connectivity index (χ0v) is 14.3. The van der Waals surface area contributed by atoms with E-state index in [-0.39, 0.29) is 0 Å². The monoisotopic (exact) mass is 351 g/mol. The van der Waals surface area contributed by atoms with Crippen LogP contribution in [0.4, 0.5) is 5.82 Å². The molecule has 0 fully saturated rings. The van der Waals surface area contributed by atoms with Crippen molar-refractivity contribution in [1.82, 2.24) is 9.97 Å². The van der Waals surface area contributed by atoms with E-state index in [0.717, 1.165) is 32.2 Å². The smallest absolute Gasteiger partial charge is 0.139 e. The minimum Gasteiger partial charge on any atom is -0.365 e. The van der Waals surface area contributed by atoms with Crippen LogP contribution in [0.1, 0.15) is 5.56 Å². The molecule has 2 aromatic carbocycles. The van der Waals surface area contributed by atoms with Crippen molar-refractivity contribution in [1.29, 1.82) is 0 Å². The van der Waals surface area contributed by atoms with Gasteiger partial charge in [0.1, 0.15) is 17.0 Å². The van der Waals surface area contributed by atoms with E-state index in [1.54, 1.807) is 17.7 Å². The molecule has 0 amide bonds. The Morgan fingerprint density at radius 1 is 0.958 bits per heavy atom. The van der Waals surface area contributed by atoms with Crippen LogP contribution in [-0.2, 0) is 6.54 Å². The zero-order chi connectivity index (χ0) is 16.4. The molecule has 0 unspecified atom stereocenters. The highest BCUT2D eigenvalue weighted by Crippen LogP contribution is 2.36. The lowest BCUT2D eigenvalue weighted by Gasteiger charge is -2.08. The maximum atomic E-state index is 5.94. The summed E-state index contributed by atoms with van der Waals surface area (Å²) in [6, 6.07) is 18.2. The fourth-order valence-corrected chi connectivity index (χ4v) is 3.67. The number of anilines is 1. The number of hydrogen-bond acceptors (Lipinski definition) is 4. The van der Waals surface area contributed by atoms with E-state index >= 15 is 0 Å². The van der Waals surface area contributed by atoms with Crippen LogP contribution in [0, 0.1) is 0 Å². The van der Waals surface area contributed by atoms with Crippen molar-refractivity contribution in [3.8, 4) is 11.1 Å². The first-order valence-corrected chi connectivity index (χ1v) is 8.83. The molecule has 0 spiro atoms. The van der Waals surface area contributed by atoms with Gasteiger partial charge in [-0.05, 0) is 23.3 Å². The van der Waals surface area contributed by atoms with Crippen molar-refractivity contribution in [2.24, 2.45) is 0 Å². The van der Waals surface area contributed by atoms with Crippen LogP contribution in [0.2, 0.25) is 5.02 Å². The van der Waals surface area contributed by atoms with Crippen molar-refractivity contribution in [3.63, 3.8) is 0 Å². The van der Waals surface area contributed by atoms with E-state index in [1.807, 2.05) is 42.5 Å². The van der Waals surface area contributed by atoms with Gasteiger partial charge in [-0.1, -0.05) is 54.1 Å². The minimum atomic E-state index is 0.688. The lowest BCUT2D eigenvalue weighted by molar-refractivity contribution is 1.11. The molecule has 2 heterocycles. The number of fused-ring (bicyclic) bond motifs is 1. The fraction of sp³-hybridized carbons (Fsp3) is 0.0526. The third-order valence-electron chi connectivity index (χ3n) is 3.83. The van der Waals surface area contributed by atoms with Crippen molar-refractivity contribution >= 4 is 39.0 Å². The molecule has 24 heavy (non-hydrogen) atoms. The van der Waals surface area contributed by atoms with Crippen molar-refractivity contribution < 1.29 is 0 Å². The predicted octanol–water partition coefficient (Wildman–Crippen LogP) is 5.62. The third kappa shape index (κ3) is 2.98. The third-order valence-corrected chi connectivity index (χ3v) is 4.97. The summed E-state index contributed by atoms with van der Waals surface area (Å²) in [7, 11) is 0. The summed E-state index contributed by atoms with van der Waals surface area (Å²) >= 11 is 7.58. The second-order valence-electron chi connectivity index (χ2n) is 5.40. The fourth-order valence-electron chi connectivity index (χ4n) is 2.63. The van der Waals surface area contributed by atoms with Crippen LogP contribution >= 0.6 is 22.9 Å². The summed E-state index contributed by atoms with van der Waals surface area (Å²) < 4.78 is 0. The SMILES string of the molecule is Clc1ccc(CNc2ncnc3scc(-c4ccccc4)c23)cc1. The Balaban J connectivity index is 1.70. The van der Waals surface area contributed by atoms with Crippen LogP contribution in [-0.4, -0.2) is 9.97 Å². The normalized spacial score (nSPS) is 10.9. The molecule has 3 nitrogen and oxygen atoms in total. The van der Waals surface area contributed by atoms with Crippen molar-refractivity contribution in [2.45, 2.75) is 6.54 Å². The molecule has 2 aromatic heterocycles. The van der Waals surface area contributed by atoms with E-state index in [0.29, 0.717) is 6.54 Å². The Kier molecular flexibility index (Phi) is 4.15. The topological polar surface area (TPSA) is 37.8 Å². The lowest BCUT2D eigenvalue weighted by Crippen LogP contribution is -2.02. The average molecular weight is 352 g/mol. The molecule has 0 aliphatic rings. The molecule has 0 aliphatic heterocycles. The Morgan fingerprint density at radius 3 is 2.54 bits per heavy atom. The summed E-state index contributed by atoms with van der Waals surface area (Å²) in [5.41, 5.74) is 3.49.